The van der Waals surface area contributed by atoms with Gasteiger partial charge in [-0.05, 0) is 30.4 Å². The van der Waals surface area contributed by atoms with Crippen LogP contribution in [0.15, 0.2) is 6.20 Å². The van der Waals surface area contributed by atoms with Crippen molar-refractivity contribution in [3.05, 3.63) is 17.3 Å². The number of anilines is 1. The van der Waals surface area contributed by atoms with Gasteiger partial charge in [0.25, 0.3) is 0 Å². The molecule has 0 bridgehead atoms. The first-order chi connectivity index (χ1) is 7.66. The van der Waals surface area contributed by atoms with Gasteiger partial charge in [0, 0.05) is 6.04 Å². The minimum Gasteiger partial charge on any atom is -0.364 e. The SMILES string of the molecule is CC1CCCCC1Nc1nc(Cl)ncc1F. The van der Waals surface area contributed by atoms with Gasteiger partial charge in [-0.2, -0.15) is 4.98 Å². The summed E-state index contributed by atoms with van der Waals surface area (Å²) in [6.45, 7) is 2.18. The largest absolute Gasteiger partial charge is 0.364 e. The van der Waals surface area contributed by atoms with Gasteiger partial charge >= 0.3 is 0 Å². The van der Waals surface area contributed by atoms with Crippen molar-refractivity contribution in [1.29, 1.82) is 0 Å². The number of rotatable bonds is 2. The van der Waals surface area contributed by atoms with Crippen LogP contribution in [0.1, 0.15) is 32.6 Å². The molecule has 16 heavy (non-hydrogen) atoms. The lowest BCUT2D eigenvalue weighted by molar-refractivity contribution is 0.348. The van der Waals surface area contributed by atoms with E-state index in [0.717, 1.165) is 12.6 Å². The Morgan fingerprint density at radius 3 is 2.94 bits per heavy atom. The molecule has 0 saturated heterocycles. The second kappa shape index (κ2) is 4.95. The normalized spacial score (nSPS) is 25.4. The molecule has 0 spiro atoms. The molecule has 2 atom stereocenters. The third-order valence-electron chi connectivity index (χ3n) is 3.15. The lowest BCUT2D eigenvalue weighted by atomic mass is 9.86. The van der Waals surface area contributed by atoms with Gasteiger partial charge in [0.15, 0.2) is 11.6 Å². The smallest absolute Gasteiger partial charge is 0.224 e. The van der Waals surface area contributed by atoms with Crippen LogP contribution < -0.4 is 5.32 Å². The molecule has 1 N–H and O–H groups in total. The molecule has 1 aromatic heterocycles. The molecule has 1 fully saturated rings. The van der Waals surface area contributed by atoms with Gasteiger partial charge in [-0.3, -0.25) is 0 Å². The predicted molar refractivity (Wildman–Crippen MR) is 62.0 cm³/mol. The fraction of sp³-hybridized carbons (Fsp3) is 0.636. The minimum atomic E-state index is -0.442. The van der Waals surface area contributed by atoms with Crippen molar-refractivity contribution < 1.29 is 4.39 Å². The molecule has 5 heteroatoms. The van der Waals surface area contributed by atoms with Gasteiger partial charge in [0.2, 0.25) is 5.28 Å². The molecule has 0 radical (unpaired) electrons. The molecule has 0 aliphatic heterocycles. The zero-order chi connectivity index (χ0) is 11.5. The van der Waals surface area contributed by atoms with Crippen molar-refractivity contribution in [2.75, 3.05) is 5.32 Å². The van der Waals surface area contributed by atoms with Crippen molar-refractivity contribution in [3.63, 3.8) is 0 Å². The van der Waals surface area contributed by atoms with Crippen molar-refractivity contribution >= 4 is 17.4 Å². The van der Waals surface area contributed by atoms with Gasteiger partial charge in [-0.15, -0.1) is 0 Å². The highest BCUT2D eigenvalue weighted by Gasteiger charge is 2.22. The van der Waals surface area contributed by atoms with E-state index in [1.165, 1.54) is 19.3 Å². The molecule has 1 aliphatic rings. The van der Waals surface area contributed by atoms with E-state index in [-0.39, 0.29) is 17.1 Å². The summed E-state index contributed by atoms with van der Waals surface area (Å²) in [5.41, 5.74) is 0. The highest BCUT2D eigenvalue weighted by atomic mass is 35.5. The van der Waals surface area contributed by atoms with Crippen LogP contribution in [0.4, 0.5) is 10.2 Å². The molecule has 2 rings (SSSR count). The predicted octanol–water partition coefficient (Wildman–Crippen LogP) is 3.26. The third-order valence-corrected chi connectivity index (χ3v) is 3.33. The molecule has 2 unspecified atom stereocenters. The minimum absolute atomic E-state index is 0.0763. The first kappa shape index (κ1) is 11.6. The van der Waals surface area contributed by atoms with E-state index in [9.17, 15) is 4.39 Å². The second-order valence-electron chi connectivity index (χ2n) is 4.35. The average Bonchev–Trinajstić information content (AvgIpc) is 2.27. The van der Waals surface area contributed by atoms with Gasteiger partial charge < -0.3 is 5.32 Å². The first-order valence-corrected chi connectivity index (χ1v) is 5.99. The maximum atomic E-state index is 13.4. The maximum Gasteiger partial charge on any atom is 0.224 e. The summed E-state index contributed by atoms with van der Waals surface area (Å²) >= 11 is 5.64. The van der Waals surface area contributed by atoms with Crippen molar-refractivity contribution in [2.24, 2.45) is 5.92 Å². The summed E-state index contributed by atoms with van der Waals surface area (Å²) in [4.78, 5) is 7.46. The topological polar surface area (TPSA) is 37.8 Å². The molecule has 1 heterocycles. The van der Waals surface area contributed by atoms with Crippen LogP contribution >= 0.6 is 11.6 Å². The summed E-state index contributed by atoms with van der Waals surface area (Å²) in [7, 11) is 0. The molecular weight excluding hydrogens is 229 g/mol. The van der Waals surface area contributed by atoms with Crippen LogP contribution in [0.5, 0.6) is 0 Å². The van der Waals surface area contributed by atoms with E-state index in [2.05, 4.69) is 22.2 Å². The molecule has 88 valence electrons. The van der Waals surface area contributed by atoms with E-state index < -0.39 is 5.82 Å². The van der Waals surface area contributed by atoms with E-state index in [1.54, 1.807) is 0 Å². The van der Waals surface area contributed by atoms with E-state index in [1.807, 2.05) is 0 Å². The Morgan fingerprint density at radius 1 is 1.44 bits per heavy atom. The lowest BCUT2D eigenvalue weighted by Gasteiger charge is -2.29. The van der Waals surface area contributed by atoms with E-state index in [0.29, 0.717) is 5.92 Å². The zero-order valence-corrected chi connectivity index (χ0v) is 9.97. The molecular formula is C11H15ClFN3. The number of aromatic nitrogens is 2. The maximum absolute atomic E-state index is 13.4. The summed E-state index contributed by atoms with van der Waals surface area (Å²) in [6, 6.07) is 0.286. The third kappa shape index (κ3) is 2.61. The highest BCUT2D eigenvalue weighted by Crippen LogP contribution is 2.27. The Hall–Kier alpha value is -0.900. The van der Waals surface area contributed by atoms with Gasteiger partial charge in [0.05, 0.1) is 6.20 Å². The van der Waals surface area contributed by atoms with Crippen molar-refractivity contribution in [2.45, 2.75) is 38.6 Å². The van der Waals surface area contributed by atoms with E-state index >= 15 is 0 Å². The molecule has 1 aromatic rings. The molecule has 3 nitrogen and oxygen atoms in total. The Morgan fingerprint density at radius 2 is 2.19 bits per heavy atom. The molecule has 0 aromatic carbocycles. The summed E-state index contributed by atoms with van der Waals surface area (Å²) in [6.07, 6.45) is 5.78. The summed E-state index contributed by atoms with van der Waals surface area (Å²) in [5, 5.41) is 3.21. The Labute approximate surface area is 99.4 Å². The Balaban J connectivity index is 2.10. The van der Waals surface area contributed by atoms with Gasteiger partial charge in [-0.1, -0.05) is 19.8 Å². The fourth-order valence-corrected chi connectivity index (χ4v) is 2.29. The van der Waals surface area contributed by atoms with Gasteiger partial charge in [-0.25, -0.2) is 9.37 Å². The quantitative estimate of drug-likeness (QED) is 0.811. The van der Waals surface area contributed by atoms with Crippen LogP contribution in [-0.2, 0) is 0 Å². The first-order valence-electron chi connectivity index (χ1n) is 5.61. The van der Waals surface area contributed by atoms with Gasteiger partial charge in [0.1, 0.15) is 0 Å². The highest BCUT2D eigenvalue weighted by molar-refractivity contribution is 6.28. The summed E-state index contributed by atoms with van der Waals surface area (Å²) < 4.78 is 13.4. The average molecular weight is 244 g/mol. The lowest BCUT2D eigenvalue weighted by Crippen LogP contribution is -2.31. The van der Waals surface area contributed by atoms with Crippen molar-refractivity contribution in [3.8, 4) is 0 Å². The fourth-order valence-electron chi connectivity index (χ4n) is 2.15. The number of hydrogen-bond donors (Lipinski definition) is 1. The Kier molecular flexibility index (Phi) is 3.59. The number of halogens is 2. The number of hydrogen-bond acceptors (Lipinski definition) is 3. The molecule has 1 aliphatic carbocycles. The van der Waals surface area contributed by atoms with Crippen molar-refractivity contribution in [1.82, 2.24) is 9.97 Å². The number of nitrogens with zero attached hydrogens (tertiary/aromatic N) is 2. The summed E-state index contributed by atoms with van der Waals surface area (Å²) in [5.74, 6) is 0.322. The molecule has 0 amide bonds. The van der Waals surface area contributed by atoms with Crippen LogP contribution in [0, 0.1) is 11.7 Å². The van der Waals surface area contributed by atoms with Crippen LogP contribution in [0.25, 0.3) is 0 Å². The standard InChI is InChI=1S/C11H15ClFN3/c1-7-4-2-3-5-9(7)15-10-8(13)6-14-11(12)16-10/h6-7,9H,2-5H2,1H3,(H,14,15,16). The molecule has 1 saturated carbocycles. The second-order valence-corrected chi connectivity index (χ2v) is 4.69. The monoisotopic (exact) mass is 243 g/mol. The Bertz CT molecular complexity index is 372. The number of nitrogens with one attached hydrogen (secondary N) is 1. The van der Waals surface area contributed by atoms with Crippen LogP contribution in [0.2, 0.25) is 5.28 Å². The van der Waals surface area contributed by atoms with Crippen LogP contribution in [0.3, 0.4) is 0 Å². The van der Waals surface area contributed by atoms with Crippen LogP contribution in [-0.4, -0.2) is 16.0 Å². The zero-order valence-electron chi connectivity index (χ0n) is 9.21. The van der Waals surface area contributed by atoms with E-state index in [4.69, 9.17) is 11.6 Å².